The summed E-state index contributed by atoms with van der Waals surface area (Å²) in [6.45, 7) is 0. The monoisotopic (exact) mass is 139 g/mol. The van der Waals surface area contributed by atoms with Crippen LogP contribution in [0.5, 0.6) is 0 Å². The quantitative estimate of drug-likeness (QED) is 0.539. The smallest absolute Gasteiger partial charge is 0.153 e. The molecule has 0 spiro atoms. The normalized spacial score (nSPS) is 8.44. The molecule has 9 heavy (non-hydrogen) atoms. The summed E-state index contributed by atoms with van der Waals surface area (Å²) in [5, 5.41) is 15.4. The maximum Gasteiger partial charge on any atom is 0.153 e. The molecule has 0 saturated carbocycles. The Balaban J connectivity index is 3.12. The molecule has 0 aromatic carbocycles. The summed E-state index contributed by atoms with van der Waals surface area (Å²) in [6.07, 6.45) is 1.35. The van der Waals surface area contributed by atoms with E-state index in [2.05, 4.69) is 10.2 Å². The van der Waals surface area contributed by atoms with Crippen molar-refractivity contribution in [1.82, 2.24) is 10.2 Å². The molecule has 0 unspecified atom stereocenters. The number of hydrogen-bond acceptors (Lipinski definition) is 3. The molecule has 0 aliphatic rings. The van der Waals surface area contributed by atoms with Crippen LogP contribution in [0.2, 0.25) is 5.15 Å². The fraction of sp³-hybridized carbons (Fsp3) is 0. The zero-order valence-electron chi connectivity index (χ0n) is 4.37. The van der Waals surface area contributed by atoms with Crippen LogP contribution in [0, 0.1) is 11.3 Å². The largest absolute Gasteiger partial charge is 0.192 e. The molecular formula is C5H2ClN3. The Morgan fingerprint density at radius 2 is 2.44 bits per heavy atom. The lowest BCUT2D eigenvalue weighted by molar-refractivity contribution is 1.02. The highest BCUT2D eigenvalue weighted by atomic mass is 35.5. The van der Waals surface area contributed by atoms with Gasteiger partial charge in [0.05, 0.1) is 11.8 Å². The Hall–Kier alpha value is -1.14. The average Bonchev–Trinajstić information content (AvgIpc) is 1.88. The third-order valence-corrected chi connectivity index (χ3v) is 0.938. The van der Waals surface area contributed by atoms with Gasteiger partial charge in [0.2, 0.25) is 0 Å². The molecule has 0 N–H and O–H groups in total. The van der Waals surface area contributed by atoms with Crippen LogP contribution < -0.4 is 0 Å². The summed E-state index contributed by atoms with van der Waals surface area (Å²) in [5.74, 6) is 0. The van der Waals surface area contributed by atoms with E-state index < -0.39 is 0 Å². The van der Waals surface area contributed by atoms with Gasteiger partial charge in [0.25, 0.3) is 0 Å². The third kappa shape index (κ3) is 1.37. The van der Waals surface area contributed by atoms with Crippen LogP contribution in [0.4, 0.5) is 0 Å². The van der Waals surface area contributed by atoms with Gasteiger partial charge in [-0.2, -0.15) is 10.4 Å². The van der Waals surface area contributed by atoms with E-state index in [1.54, 1.807) is 0 Å². The van der Waals surface area contributed by atoms with Gasteiger partial charge in [-0.05, 0) is 6.07 Å². The van der Waals surface area contributed by atoms with Gasteiger partial charge < -0.3 is 0 Å². The van der Waals surface area contributed by atoms with Crippen LogP contribution in [0.3, 0.4) is 0 Å². The summed E-state index contributed by atoms with van der Waals surface area (Å²) < 4.78 is 0. The predicted molar refractivity (Wildman–Crippen MR) is 31.8 cm³/mol. The zero-order chi connectivity index (χ0) is 6.69. The van der Waals surface area contributed by atoms with Crippen molar-refractivity contribution in [3.63, 3.8) is 0 Å². The van der Waals surface area contributed by atoms with Crippen LogP contribution in [0.15, 0.2) is 12.3 Å². The molecule has 0 fully saturated rings. The number of rotatable bonds is 0. The molecule has 4 heteroatoms. The Morgan fingerprint density at radius 3 is 2.89 bits per heavy atom. The highest BCUT2D eigenvalue weighted by molar-refractivity contribution is 6.29. The van der Waals surface area contributed by atoms with E-state index in [9.17, 15) is 0 Å². The molecule has 0 aliphatic carbocycles. The molecule has 3 nitrogen and oxygen atoms in total. The zero-order valence-corrected chi connectivity index (χ0v) is 5.13. The second-order valence-corrected chi connectivity index (χ2v) is 1.77. The summed E-state index contributed by atoms with van der Waals surface area (Å²) >= 11 is 5.40. The van der Waals surface area contributed by atoms with Crippen molar-refractivity contribution < 1.29 is 0 Å². The molecule has 1 heterocycles. The molecule has 0 saturated heterocycles. The molecule has 0 radical (unpaired) electrons. The number of nitrogens with zero attached hydrogens (tertiary/aromatic N) is 3. The van der Waals surface area contributed by atoms with Crippen molar-refractivity contribution in [2.75, 3.05) is 0 Å². The molecule has 0 aliphatic heterocycles. The Labute approximate surface area is 56.9 Å². The first-order valence-electron chi connectivity index (χ1n) is 2.21. The summed E-state index contributed by atoms with van der Waals surface area (Å²) in [5.41, 5.74) is 0.426. The highest BCUT2D eigenvalue weighted by Crippen LogP contribution is 2.02. The van der Waals surface area contributed by atoms with Crippen molar-refractivity contribution >= 4 is 11.6 Å². The van der Waals surface area contributed by atoms with Crippen molar-refractivity contribution in [1.29, 1.82) is 5.26 Å². The average molecular weight is 140 g/mol. The van der Waals surface area contributed by atoms with Crippen molar-refractivity contribution in [3.05, 3.63) is 23.0 Å². The van der Waals surface area contributed by atoms with E-state index in [0.717, 1.165) is 0 Å². The second-order valence-electron chi connectivity index (χ2n) is 1.38. The Kier molecular flexibility index (Phi) is 1.61. The lowest BCUT2D eigenvalue weighted by Crippen LogP contribution is -1.82. The molecule has 1 rings (SSSR count). The van der Waals surface area contributed by atoms with E-state index in [-0.39, 0.29) is 5.15 Å². The predicted octanol–water partition coefficient (Wildman–Crippen LogP) is 1.00. The van der Waals surface area contributed by atoms with Crippen LogP contribution in [-0.4, -0.2) is 10.2 Å². The highest BCUT2D eigenvalue weighted by Gasteiger charge is 1.90. The van der Waals surface area contributed by atoms with Crippen molar-refractivity contribution in [2.45, 2.75) is 0 Å². The molecule has 44 valence electrons. The van der Waals surface area contributed by atoms with Gasteiger partial charge in [0.15, 0.2) is 5.15 Å². The minimum absolute atomic E-state index is 0.244. The van der Waals surface area contributed by atoms with Crippen molar-refractivity contribution in [2.24, 2.45) is 0 Å². The third-order valence-electron chi connectivity index (χ3n) is 0.754. The summed E-state index contributed by atoms with van der Waals surface area (Å²) in [4.78, 5) is 0. The Morgan fingerprint density at radius 1 is 1.67 bits per heavy atom. The van der Waals surface area contributed by atoms with Crippen LogP contribution in [-0.2, 0) is 0 Å². The second kappa shape index (κ2) is 2.42. The number of hydrogen-bond donors (Lipinski definition) is 0. The maximum atomic E-state index is 8.29. The van der Waals surface area contributed by atoms with Gasteiger partial charge in [-0.15, -0.1) is 5.10 Å². The minimum atomic E-state index is 0.244. The van der Waals surface area contributed by atoms with Gasteiger partial charge in [-0.3, -0.25) is 0 Å². The van der Waals surface area contributed by atoms with E-state index in [1.165, 1.54) is 12.3 Å². The maximum absolute atomic E-state index is 8.29. The molecule has 0 bridgehead atoms. The van der Waals surface area contributed by atoms with E-state index >= 15 is 0 Å². The first-order valence-corrected chi connectivity index (χ1v) is 2.59. The molecule has 0 atom stereocenters. The summed E-state index contributed by atoms with van der Waals surface area (Å²) in [7, 11) is 0. The van der Waals surface area contributed by atoms with Gasteiger partial charge in [-0.25, -0.2) is 0 Å². The number of aromatic nitrogens is 2. The summed E-state index contributed by atoms with van der Waals surface area (Å²) in [6, 6.07) is 3.33. The Bertz CT molecular complexity index is 253. The van der Waals surface area contributed by atoms with Crippen LogP contribution >= 0.6 is 11.6 Å². The van der Waals surface area contributed by atoms with Crippen molar-refractivity contribution in [3.8, 4) is 6.07 Å². The van der Waals surface area contributed by atoms with E-state index in [4.69, 9.17) is 16.9 Å². The lowest BCUT2D eigenvalue weighted by atomic mass is 10.3. The fourth-order valence-corrected chi connectivity index (χ4v) is 0.563. The molecular weight excluding hydrogens is 138 g/mol. The first-order chi connectivity index (χ1) is 4.33. The van der Waals surface area contributed by atoms with Gasteiger partial charge >= 0.3 is 0 Å². The first kappa shape index (κ1) is 5.99. The van der Waals surface area contributed by atoms with Gasteiger partial charge in [0, 0.05) is 0 Å². The number of nitriles is 1. The number of halogens is 1. The molecule has 1 aromatic rings. The topological polar surface area (TPSA) is 49.6 Å². The van der Waals surface area contributed by atoms with Gasteiger partial charge in [0.1, 0.15) is 6.07 Å². The fourth-order valence-electron chi connectivity index (χ4n) is 0.402. The van der Waals surface area contributed by atoms with E-state index in [0.29, 0.717) is 5.56 Å². The van der Waals surface area contributed by atoms with Crippen LogP contribution in [0.25, 0.3) is 0 Å². The minimum Gasteiger partial charge on any atom is -0.192 e. The van der Waals surface area contributed by atoms with E-state index in [1.807, 2.05) is 6.07 Å². The molecule has 1 aromatic heterocycles. The molecule has 0 amide bonds. The standard InChI is InChI=1S/C5H2ClN3/c6-5-1-4(2-7)3-8-9-5/h1,3H. The lowest BCUT2D eigenvalue weighted by Gasteiger charge is -1.84. The van der Waals surface area contributed by atoms with Gasteiger partial charge in [-0.1, -0.05) is 11.6 Å². The van der Waals surface area contributed by atoms with Crippen LogP contribution in [0.1, 0.15) is 5.56 Å². The SMILES string of the molecule is N#Cc1cnnc(Cl)c1.